The Labute approximate surface area is 134 Å². The number of amides is 1. The lowest BCUT2D eigenvalue weighted by Gasteiger charge is -2.04. The molecular weight excluding hydrogens is 294 g/mol. The maximum atomic E-state index is 11.9. The predicted octanol–water partition coefficient (Wildman–Crippen LogP) is 3.48. The fourth-order valence-corrected chi connectivity index (χ4v) is 1.96. The van der Waals surface area contributed by atoms with Crippen molar-refractivity contribution in [2.45, 2.75) is 19.8 Å². The predicted molar refractivity (Wildman–Crippen MR) is 88.7 cm³/mol. The van der Waals surface area contributed by atoms with E-state index in [1.165, 1.54) is 36.0 Å². The van der Waals surface area contributed by atoms with Crippen LogP contribution in [0.4, 0.5) is 5.69 Å². The van der Waals surface area contributed by atoms with E-state index in [1.54, 1.807) is 0 Å². The van der Waals surface area contributed by atoms with Crippen LogP contribution in [0.1, 0.15) is 41.3 Å². The number of hydrogen-bond donors (Lipinski definition) is 1. The van der Waals surface area contributed by atoms with Gasteiger partial charge in [-0.2, -0.15) is 5.10 Å². The largest absolute Gasteiger partial charge is 0.271 e. The Morgan fingerprint density at radius 2 is 1.91 bits per heavy atom. The highest BCUT2D eigenvalue weighted by molar-refractivity contribution is 5.95. The van der Waals surface area contributed by atoms with Gasteiger partial charge in [-0.05, 0) is 23.1 Å². The second-order valence-corrected chi connectivity index (χ2v) is 5.33. The number of benzene rings is 2. The second kappa shape index (κ2) is 7.31. The first-order chi connectivity index (χ1) is 11.0. The lowest BCUT2D eigenvalue weighted by Crippen LogP contribution is -2.17. The highest BCUT2D eigenvalue weighted by Gasteiger charge is 2.10. The summed E-state index contributed by atoms with van der Waals surface area (Å²) in [5, 5.41) is 14.6. The topological polar surface area (TPSA) is 84.6 Å². The fraction of sp³-hybridized carbons (Fsp3) is 0.176. The van der Waals surface area contributed by atoms with Gasteiger partial charge in [0.25, 0.3) is 11.6 Å². The third kappa shape index (κ3) is 4.47. The van der Waals surface area contributed by atoms with Gasteiger partial charge in [-0.15, -0.1) is 0 Å². The normalized spacial score (nSPS) is 10.9. The van der Waals surface area contributed by atoms with Crippen molar-refractivity contribution in [3.8, 4) is 0 Å². The number of carbonyl (C=O) groups excluding carboxylic acids is 1. The van der Waals surface area contributed by atoms with Crippen LogP contribution in [0.5, 0.6) is 0 Å². The van der Waals surface area contributed by atoms with Gasteiger partial charge in [-0.3, -0.25) is 14.9 Å². The van der Waals surface area contributed by atoms with E-state index in [2.05, 4.69) is 24.4 Å². The molecule has 6 nitrogen and oxygen atoms in total. The molecule has 6 heteroatoms. The van der Waals surface area contributed by atoms with Gasteiger partial charge in [0.15, 0.2) is 0 Å². The molecule has 0 aliphatic rings. The molecule has 1 N–H and O–H groups in total. The summed E-state index contributed by atoms with van der Waals surface area (Å²) >= 11 is 0. The second-order valence-electron chi connectivity index (χ2n) is 5.33. The first-order valence-corrected chi connectivity index (χ1v) is 7.15. The quantitative estimate of drug-likeness (QED) is 0.521. The number of rotatable bonds is 5. The molecule has 0 unspecified atom stereocenters. The van der Waals surface area contributed by atoms with Crippen molar-refractivity contribution in [2.75, 3.05) is 0 Å². The molecule has 0 aliphatic heterocycles. The minimum atomic E-state index is -0.545. The molecule has 0 fully saturated rings. The number of nitro groups is 1. The Morgan fingerprint density at radius 3 is 2.52 bits per heavy atom. The Kier molecular flexibility index (Phi) is 5.19. The van der Waals surface area contributed by atoms with Crippen molar-refractivity contribution in [3.63, 3.8) is 0 Å². The molecule has 1 amide bonds. The molecule has 0 atom stereocenters. The van der Waals surface area contributed by atoms with Crippen LogP contribution in [0.3, 0.4) is 0 Å². The zero-order chi connectivity index (χ0) is 16.8. The summed E-state index contributed by atoms with van der Waals surface area (Å²) in [6.45, 7) is 4.23. The van der Waals surface area contributed by atoms with E-state index < -0.39 is 10.8 Å². The molecule has 0 aromatic heterocycles. The number of nitrogens with zero attached hydrogens (tertiary/aromatic N) is 2. The Bertz CT molecular complexity index is 737. The van der Waals surface area contributed by atoms with Crippen LogP contribution in [0, 0.1) is 10.1 Å². The van der Waals surface area contributed by atoms with Gasteiger partial charge in [0, 0.05) is 17.7 Å². The molecule has 0 aliphatic carbocycles. The van der Waals surface area contributed by atoms with Crippen molar-refractivity contribution < 1.29 is 9.72 Å². The third-order valence-electron chi connectivity index (χ3n) is 3.30. The molecule has 118 valence electrons. The molecule has 23 heavy (non-hydrogen) atoms. The molecule has 0 saturated carbocycles. The first kappa shape index (κ1) is 16.4. The summed E-state index contributed by atoms with van der Waals surface area (Å²) in [6, 6.07) is 13.3. The van der Waals surface area contributed by atoms with Crippen LogP contribution in [0.2, 0.25) is 0 Å². The maximum Gasteiger partial charge on any atom is 0.271 e. The van der Waals surface area contributed by atoms with Crippen molar-refractivity contribution in [1.82, 2.24) is 5.43 Å². The average Bonchev–Trinajstić information content (AvgIpc) is 2.55. The van der Waals surface area contributed by atoms with Crippen molar-refractivity contribution in [2.24, 2.45) is 5.10 Å². The van der Waals surface area contributed by atoms with Crippen LogP contribution in [0.15, 0.2) is 53.6 Å². The molecule has 2 aromatic rings. The lowest BCUT2D eigenvalue weighted by atomic mass is 10.0. The molecule has 0 spiro atoms. The number of hydrogen-bond acceptors (Lipinski definition) is 4. The van der Waals surface area contributed by atoms with E-state index in [-0.39, 0.29) is 11.3 Å². The molecule has 2 rings (SSSR count). The third-order valence-corrected chi connectivity index (χ3v) is 3.30. The monoisotopic (exact) mass is 311 g/mol. The summed E-state index contributed by atoms with van der Waals surface area (Å²) in [5.41, 5.74) is 4.49. The highest BCUT2D eigenvalue weighted by atomic mass is 16.6. The zero-order valence-corrected chi connectivity index (χ0v) is 12.9. The van der Waals surface area contributed by atoms with E-state index in [1.807, 2.05) is 24.3 Å². The van der Waals surface area contributed by atoms with E-state index in [0.29, 0.717) is 5.92 Å². The smallest absolute Gasteiger partial charge is 0.267 e. The maximum absolute atomic E-state index is 11.9. The summed E-state index contributed by atoms with van der Waals surface area (Å²) in [6.07, 6.45) is 1.53. The molecule has 2 aromatic carbocycles. The highest BCUT2D eigenvalue weighted by Crippen LogP contribution is 2.14. The van der Waals surface area contributed by atoms with Gasteiger partial charge >= 0.3 is 0 Å². The standard InChI is InChI=1S/C17H17N3O3/c1-12(2)14-8-6-13(7-9-14)11-18-19-17(21)15-4-3-5-16(10-15)20(22)23/h3-12H,1-2H3,(H,19,21)/b18-11+. The molecule has 0 bridgehead atoms. The number of nitrogens with one attached hydrogen (secondary N) is 1. The van der Waals surface area contributed by atoms with E-state index >= 15 is 0 Å². The van der Waals surface area contributed by atoms with Crippen molar-refractivity contribution >= 4 is 17.8 Å². The Balaban J connectivity index is 2.01. The first-order valence-electron chi connectivity index (χ1n) is 7.15. The van der Waals surface area contributed by atoms with Crippen molar-refractivity contribution in [1.29, 1.82) is 0 Å². The van der Waals surface area contributed by atoms with Gasteiger partial charge in [0.05, 0.1) is 11.1 Å². The Hall–Kier alpha value is -3.02. The zero-order valence-electron chi connectivity index (χ0n) is 12.9. The SMILES string of the molecule is CC(C)c1ccc(/C=N/NC(=O)c2cccc([N+](=O)[O-])c2)cc1. The Morgan fingerprint density at radius 1 is 1.22 bits per heavy atom. The van der Waals surface area contributed by atoms with Crippen LogP contribution < -0.4 is 5.43 Å². The number of hydrazone groups is 1. The van der Waals surface area contributed by atoms with Gasteiger partial charge in [-0.25, -0.2) is 5.43 Å². The lowest BCUT2D eigenvalue weighted by molar-refractivity contribution is -0.384. The van der Waals surface area contributed by atoms with Crippen LogP contribution in [-0.2, 0) is 0 Å². The molecule has 0 saturated heterocycles. The van der Waals surface area contributed by atoms with Gasteiger partial charge in [0.2, 0.25) is 0 Å². The number of nitro benzene ring substituents is 1. The van der Waals surface area contributed by atoms with E-state index in [9.17, 15) is 14.9 Å². The fourth-order valence-electron chi connectivity index (χ4n) is 1.96. The van der Waals surface area contributed by atoms with Crippen LogP contribution in [-0.4, -0.2) is 17.0 Å². The van der Waals surface area contributed by atoms with Gasteiger partial charge in [0.1, 0.15) is 0 Å². The van der Waals surface area contributed by atoms with Crippen LogP contribution >= 0.6 is 0 Å². The minimum Gasteiger partial charge on any atom is -0.267 e. The van der Waals surface area contributed by atoms with Gasteiger partial charge < -0.3 is 0 Å². The summed E-state index contributed by atoms with van der Waals surface area (Å²) in [5.74, 6) is -0.0432. The summed E-state index contributed by atoms with van der Waals surface area (Å²) in [4.78, 5) is 22.1. The van der Waals surface area contributed by atoms with Crippen molar-refractivity contribution in [3.05, 3.63) is 75.3 Å². The van der Waals surface area contributed by atoms with Gasteiger partial charge in [-0.1, -0.05) is 44.2 Å². The average molecular weight is 311 g/mol. The van der Waals surface area contributed by atoms with Crippen LogP contribution in [0.25, 0.3) is 0 Å². The van der Waals surface area contributed by atoms with E-state index in [0.717, 1.165) is 5.56 Å². The van der Waals surface area contributed by atoms with E-state index in [4.69, 9.17) is 0 Å². The summed E-state index contributed by atoms with van der Waals surface area (Å²) in [7, 11) is 0. The number of carbonyl (C=O) groups is 1. The minimum absolute atomic E-state index is 0.133. The molecular formula is C17H17N3O3. The molecule has 0 heterocycles. The summed E-state index contributed by atoms with van der Waals surface area (Å²) < 4.78 is 0. The number of non-ortho nitro benzene ring substituents is 1. The molecule has 0 radical (unpaired) electrons.